The smallest absolute Gasteiger partial charge is 0.211 e. The molecule has 0 unspecified atom stereocenters. The van der Waals surface area contributed by atoms with Crippen LogP contribution >= 0.6 is 23.6 Å². The summed E-state index contributed by atoms with van der Waals surface area (Å²) in [6, 6.07) is 8.09. The van der Waals surface area contributed by atoms with E-state index in [2.05, 4.69) is 21.4 Å². The Bertz CT molecular complexity index is 898. The van der Waals surface area contributed by atoms with Crippen molar-refractivity contribution in [2.45, 2.75) is 13.6 Å². The van der Waals surface area contributed by atoms with Gasteiger partial charge in [-0.05, 0) is 36.8 Å². The molecule has 1 aromatic heterocycles. The zero-order valence-corrected chi connectivity index (χ0v) is 16.6. The van der Waals surface area contributed by atoms with Crippen LogP contribution in [0.4, 0.5) is 10.8 Å². The van der Waals surface area contributed by atoms with Gasteiger partial charge < -0.3 is 5.32 Å². The quantitative estimate of drug-likeness (QED) is 0.778. The van der Waals surface area contributed by atoms with Crippen LogP contribution in [-0.4, -0.2) is 59.8 Å². The first-order valence-corrected chi connectivity index (χ1v) is 11.0. The molecule has 1 fully saturated rings. The zero-order valence-electron chi connectivity index (χ0n) is 14.2. The highest BCUT2D eigenvalue weighted by molar-refractivity contribution is 7.88. The summed E-state index contributed by atoms with van der Waals surface area (Å²) in [5.74, 6) is 0. The van der Waals surface area contributed by atoms with E-state index in [0.29, 0.717) is 36.8 Å². The van der Waals surface area contributed by atoms with E-state index >= 15 is 0 Å². The molecule has 0 bridgehead atoms. The minimum absolute atomic E-state index is 0.505. The maximum absolute atomic E-state index is 11.6. The molecule has 25 heavy (non-hydrogen) atoms. The third-order valence-corrected chi connectivity index (χ3v) is 6.54. The second-order valence-electron chi connectivity index (χ2n) is 6.09. The summed E-state index contributed by atoms with van der Waals surface area (Å²) >= 11 is 6.84. The summed E-state index contributed by atoms with van der Waals surface area (Å²) in [6.07, 6.45) is 1.25. The number of nitrogens with one attached hydrogen (secondary N) is 1. The molecule has 10 heteroatoms. The van der Waals surface area contributed by atoms with E-state index in [-0.39, 0.29) is 0 Å². The number of sulfonamides is 1. The molecule has 1 N–H and O–H groups in total. The van der Waals surface area contributed by atoms with Crippen molar-refractivity contribution in [3.05, 3.63) is 33.8 Å². The van der Waals surface area contributed by atoms with Crippen LogP contribution in [0, 0.1) is 10.9 Å². The Morgan fingerprint density at radius 2 is 2.00 bits per heavy atom. The molecule has 2 aromatic rings. The third kappa shape index (κ3) is 4.85. The summed E-state index contributed by atoms with van der Waals surface area (Å²) < 4.78 is 27.1. The molecule has 3 rings (SSSR count). The second-order valence-corrected chi connectivity index (χ2v) is 9.69. The van der Waals surface area contributed by atoms with Gasteiger partial charge in [-0.2, -0.15) is 4.31 Å². The zero-order chi connectivity index (χ0) is 18.0. The van der Waals surface area contributed by atoms with E-state index in [1.807, 2.05) is 25.1 Å². The van der Waals surface area contributed by atoms with Gasteiger partial charge in [-0.15, -0.1) is 5.10 Å². The van der Waals surface area contributed by atoms with Gasteiger partial charge in [0.15, 0.2) is 3.95 Å². The van der Waals surface area contributed by atoms with Crippen molar-refractivity contribution in [1.29, 1.82) is 0 Å². The van der Waals surface area contributed by atoms with E-state index in [4.69, 9.17) is 12.2 Å². The highest BCUT2D eigenvalue weighted by atomic mass is 32.2. The Hall–Kier alpha value is -1.33. The topological polar surface area (TPSA) is 70.5 Å². The van der Waals surface area contributed by atoms with E-state index in [1.54, 1.807) is 4.68 Å². The second kappa shape index (κ2) is 7.50. The molecule has 0 saturated carbocycles. The van der Waals surface area contributed by atoms with E-state index < -0.39 is 10.0 Å². The summed E-state index contributed by atoms with van der Waals surface area (Å²) in [7, 11) is -3.11. The number of aryl methyl sites for hydroxylation is 1. The number of aromatic nitrogens is 2. The number of hydrogen-bond donors (Lipinski definition) is 1. The van der Waals surface area contributed by atoms with Crippen LogP contribution in [0.2, 0.25) is 0 Å². The summed E-state index contributed by atoms with van der Waals surface area (Å²) in [5, 5.41) is 8.58. The maximum atomic E-state index is 11.6. The first-order chi connectivity index (χ1) is 11.8. The Kier molecular flexibility index (Phi) is 5.54. The van der Waals surface area contributed by atoms with Crippen molar-refractivity contribution in [2.24, 2.45) is 0 Å². The number of nitrogens with zero attached hydrogens (tertiary/aromatic N) is 4. The van der Waals surface area contributed by atoms with E-state index in [1.165, 1.54) is 27.5 Å². The van der Waals surface area contributed by atoms with Gasteiger partial charge in [0.05, 0.1) is 12.9 Å². The third-order valence-electron chi connectivity index (χ3n) is 4.01. The number of hydrogen-bond acceptors (Lipinski definition) is 7. The molecule has 0 spiro atoms. The molecule has 1 aromatic carbocycles. The minimum atomic E-state index is -3.11. The number of anilines is 2. The molecular formula is C15H21N5O2S3. The Balaban J connectivity index is 1.63. The fourth-order valence-corrected chi connectivity index (χ4v) is 4.52. The average molecular weight is 400 g/mol. The molecule has 0 atom stereocenters. The molecule has 7 nitrogen and oxygen atoms in total. The maximum Gasteiger partial charge on any atom is 0.211 e. The summed E-state index contributed by atoms with van der Waals surface area (Å²) in [6.45, 7) is 4.97. The van der Waals surface area contributed by atoms with Crippen molar-refractivity contribution in [1.82, 2.24) is 19.0 Å². The van der Waals surface area contributed by atoms with Gasteiger partial charge in [0, 0.05) is 31.9 Å². The first-order valence-electron chi connectivity index (χ1n) is 7.90. The lowest BCUT2D eigenvalue weighted by Crippen LogP contribution is -2.48. The molecule has 0 aliphatic carbocycles. The van der Waals surface area contributed by atoms with Gasteiger partial charge >= 0.3 is 0 Å². The van der Waals surface area contributed by atoms with Gasteiger partial charge in [-0.3, -0.25) is 4.90 Å². The van der Waals surface area contributed by atoms with Crippen LogP contribution in [0.1, 0.15) is 5.56 Å². The molecular weight excluding hydrogens is 378 g/mol. The number of benzene rings is 1. The van der Waals surface area contributed by atoms with Crippen molar-refractivity contribution in [3.63, 3.8) is 0 Å². The van der Waals surface area contributed by atoms with E-state index in [0.717, 1.165) is 10.8 Å². The van der Waals surface area contributed by atoms with Gasteiger partial charge in [-0.1, -0.05) is 23.5 Å². The number of rotatable bonds is 5. The summed E-state index contributed by atoms with van der Waals surface area (Å²) in [5.41, 5.74) is 2.16. The van der Waals surface area contributed by atoms with Crippen molar-refractivity contribution >= 4 is 44.4 Å². The van der Waals surface area contributed by atoms with Crippen molar-refractivity contribution in [3.8, 4) is 0 Å². The lowest BCUT2D eigenvalue weighted by Gasteiger charge is -2.32. The molecule has 1 aliphatic rings. The molecule has 136 valence electrons. The standard InChI is InChI=1S/C15H21N5O2S3/c1-12-4-3-5-13(10-12)16-14-17-20(15(23)24-14)11-18-6-8-19(9-7-18)25(2,21)22/h3-5,10H,6-9,11H2,1-2H3,(H,16,17). The molecule has 1 saturated heterocycles. The highest BCUT2D eigenvalue weighted by Gasteiger charge is 2.23. The van der Waals surface area contributed by atoms with Crippen LogP contribution in [0.3, 0.4) is 0 Å². The van der Waals surface area contributed by atoms with Crippen LogP contribution in [0.5, 0.6) is 0 Å². The van der Waals surface area contributed by atoms with Crippen LogP contribution < -0.4 is 5.32 Å². The predicted molar refractivity (Wildman–Crippen MR) is 103 cm³/mol. The first kappa shape index (κ1) is 18.5. The lowest BCUT2D eigenvalue weighted by atomic mass is 10.2. The normalized spacial score (nSPS) is 16.9. The Morgan fingerprint density at radius 1 is 1.28 bits per heavy atom. The Morgan fingerprint density at radius 3 is 2.64 bits per heavy atom. The van der Waals surface area contributed by atoms with Crippen LogP contribution in [-0.2, 0) is 16.7 Å². The van der Waals surface area contributed by atoms with Gasteiger partial charge in [0.1, 0.15) is 0 Å². The fourth-order valence-electron chi connectivity index (χ4n) is 2.68. The average Bonchev–Trinajstić information content (AvgIpc) is 2.86. The molecule has 0 amide bonds. The molecule has 1 aliphatic heterocycles. The van der Waals surface area contributed by atoms with E-state index in [9.17, 15) is 8.42 Å². The van der Waals surface area contributed by atoms with Crippen molar-refractivity contribution in [2.75, 3.05) is 37.8 Å². The Labute approximate surface area is 156 Å². The van der Waals surface area contributed by atoms with Crippen LogP contribution in [0.25, 0.3) is 0 Å². The highest BCUT2D eigenvalue weighted by Crippen LogP contribution is 2.21. The SMILES string of the molecule is Cc1cccc(Nc2nn(CN3CCN(S(C)(=O)=O)CC3)c(=S)s2)c1. The molecule has 2 heterocycles. The van der Waals surface area contributed by atoms with Gasteiger partial charge in [0.2, 0.25) is 15.2 Å². The fraction of sp³-hybridized carbons (Fsp3) is 0.467. The monoisotopic (exact) mass is 399 g/mol. The lowest BCUT2D eigenvalue weighted by molar-refractivity contribution is 0.146. The van der Waals surface area contributed by atoms with Gasteiger partial charge in [0.25, 0.3) is 0 Å². The number of piperazine rings is 1. The van der Waals surface area contributed by atoms with Gasteiger partial charge in [-0.25, -0.2) is 13.1 Å². The van der Waals surface area contributed by atoms with Crippen LogP contribution in [0.15, 0.2) is 24.3 Å². The predicted octanol–water partition coefficient (Wildman–Crippen LogP) is 2.26. The summed E-state index contributed by atoms with van der Waals surface area (Å²) in [4.78, 5) is 2.16. The van der Waals surface area contributed by atoms with Crippen molar-refractivity contribution < 1.29 is 8.42 Å². The molecule has 0 radical (unpaired) electrons. The minimum Gasteiger partial charge on any atom is -0.330 e. The largest absolute Gasteiger partial charge is 0.330 e.